The molecule has 1 atom stereocenters. The lowest BCUT2D eigenvalue weighted by atomic mass is 9.95. The summed E-state index contributed by atoms with van der Waals surface area (Å²) in [5, 5.41) is 10.2. The zero-order valence-corrected chi connectivity index (χ0v) is 11.2. The van der Waals surface area contributed by atoms with E-state index in [1.807, 2.05) is 0 Å². The molecule has 17 heavy (non-hydrogen) atoms. The Bertz CT molecular complexity index is 482. The minimum Gasteiger partial charge on any atom is -0.387 e. The highest BCUT2D eigenvalue weighted by molar-refractivity contribution is 7.09. The van der Waals surface area contributed by atoms with Crippen molar-refractivity contribution in [1.82, 2.24) is 4.98 Å². The molecule has 0 bridgehead atoms. The van der Waals surface area contributed by atoms with Crippen molar-refractivity contribution in [3.8, 4) is 0 Å². The van der Waals surface area contributed by atoms with Gasteiger partial charge in [0.2, 0.25) is 0 Å². The minimum absolute atomic E-state index is 0.442. The molecule has 2 rings (SSSR count). The maximum absolute atomic E-state index is 10.2. The monoisotopic (exact) mass is 247 g/mol. The van der Waals surface area contributed by atoms with Gasteiger partial charge in [0.1, 0.15) is 0 Å². The molecule has 1 unspecified atom stereocenters. The van der Waals surface area contributed by atoms with Crippen molar-refractivity contribution in [2.75, 3.05) is 0 Å². The van der Waals surface area contributed by atoms with E-state index in [9.17, 15) is 5.11 Å². The van der Waals surface area contributed by atoms with Gasteiger partial charge in [-0.25, -0.2) is 0 Å². The van der Waals surface area contributed by atoms with E-state index in [0.717, 1.165) is 4.88 Å². The van der Waals surface area contributed by atoms with Crippen LogP contribution in [0.4, 0.5) is 0 Å². The summed E-state index contributed by atoms with van der Waals surface area (Å²) in [6.45, 7) is 6.31. The van der Waals surface area contributed by atoms with Crippen LogP contribution in [0.5, 0.6) is 0 Å². The van der Waals surface area contributed by atoms with Crippen molar-refractivity contribution in [3.63, 3.8) is 0 Å². The summed E-state index contributed by atoms with van der Waals surface area (Å²) in [5.41, 5.74) is 6.79. The van der Waals surface area contributed by atoms with E-state index < -0.39 is 6.10 Å². The number of aliphatic hydroxyl groups is 1. The molecule has 0 fully saturated rings. The number of aliphatic hydroxyl groups excluding tert-OH is 1. The topological polar surface area (TPSA) is 33.1 Å². The first-order valence-electron chi connectivity index (χ1n) is 5.71. The van der Waals surface area contributed by atoms with Crippen molar-refractivity contribution in [2.24, 2.45) is 0 Å². The highest BCUT2D eigenvalue weighted by atomic mass is 32.1. The van der Waals surface area contributed by atoms with Crippen LogP contribution in [0.25, 0.3) is 0 Å². The summed E-state index contributed by atoms with van der Waals surface area (Å²) < 4.78 is 0. The molecular formula is C14H17NOS. The van der Waals surface area contributed by atoms with E-state index in [4.69, 9.17) is 0 Å². The van der Waals surface area contributed by atoms with Crippen molar-refractivity contribution >= 4 is 11.3 Å². The van der Waals surface area contributed by atoms with Gasteiger partial charge < -0.3 is 5.11 Å². The van der Waals surface area contributed by atoms with Crippen LogP contribution < -0.4 is 0 Å². The van der Waals surface area contributed by atoms with Crippen LogP contribution in [0.15, 0.2) is 23.8 Å². The fourth-order valence-electron chi connectivity index (χ4n) is 2.22. The first-order valence-corrected chi connectivity index (χ1v) is 6.59. The van der Waals surface area contributed by atoms with Crippen LogP contribution in [0.1, 0.15) is 33.2 Å². The number of aryl methyl sites for hydroxylation is 3. The summed E-state index contributed by atoms with van der Waals surface area (Å²) in [7, 11) is 0. The maximum Gasteiger partial charge on any atom is 0.0938 e. The normalized spacial score (nSPS) is 12.7. The second-order valence-corrected chi connectivity index (χ2v) is 5.42. The summed E-state index contributed by atoms with van der Waals surface area (Å²) >= 11 is 1.50. The Morgan fingerprint density at radius 1 is 1.24 bits per heavy atom. The molecule has 1 N–H and O–H groups in total. The molecule has 2 nitrogen and oxygen atoms in total. The first-order chi connectivity index (χ1) is 8.08. The second kappa shape index (κ2) is 4.98. The molecule has 0 saturated carbocycles. The fraction of sp³-hybridized carbons (Fsp3) is 0.357. The number of hydrogen-bond acceptors (Lipinski definition) is 3. The van der Waals surface area contributed by atoms with Gasteiger partial charge in [-0.1, -0.05) is 17.7 Å². The van der Waals surface area contributed by atoms with Gasteiger partial charge in [-0.05, 0) is 37.5 Å². The van der Waals surface area contributed by atoms with Crippen molar-refractivity contribution in [2.45, 2.75) is 33.3 Å². The van der Waals surface area contributed by atoms with E-state index in [1.165, 1.54) is 33.6 Å². The van der Waals surface area contributed by atoms with Crippen LogP contribution in [-0.4, -0.2) is 10.1 Å². The zero-order valence-electron chi connectivity index (χ0n) is 10.4. The largest absolute Gasteiger partial charge is 0.387 e. The zero-order chi connectivity index (χ0) is 12.4. The molecule has 2 aromatic rings. The summed E-state index contributed by atoms with van der Waals surface area (Å²) in [6.07, 6.45) is 1.97. The van der Waals surface area contributed by atoms with Crippen molar-refractivity contribution in [1.29, 1.82) is 0 Å². The quantitative estimate of drug-likeness (QED) is 0.902. The highest BCUT2D eigenvalue weighted by Crippen LogP contribution is 2.25. The van der Waals surface area contributed by atoms with Gasteiger partial charge in [0, 0.05) is 12.6 Å². The predicted molar refractivity (Wildman–Crippen MR) is 71.4 cm³/mol. The number of aromatic nitrogens is 1. The molecule has 0 saturated heterocycles. The minimum atomic E-state index is -0.442. The lowest BCUT2D eigenvalue weighted by Gasteiger charge is -2.14. The van der Waals surface area contributed by atoms with Gasteiger partial charge in [-0.2, -0.15) is 0 Å². The molecule has 0 amide bonds. The molecule has 0 spiro atoms. The maximum atomic E-state index is 10.2. The van der Waals surface area contributed by atoms with Gasteiger partial charge >= 0.3 is 0 Å². The van der Waals surface area contributed by atoms with Crippen molar-refractivity contribution in [3.05, 3.63) is 51.0 Å². The first kappa shape index (κ1) is 12.3. The Labute approximate surface area is 106 Å². The summed E-state index contributed by atoms with van der Waals surface area (Å²) in [6, 6.07) is 4.34. The molecule has 90 valence electrons. The number of hydrogen-bond donors (Lipinski definition) is 1. The Morgan fingerprint density at radius 3 is 2.41 bits per heavy atom. The van der Waals surface area contributed by atoms with Crippen LogP contribution in [-0.2, 0) is 6.42 Å². The Morgan fingerprint density at radius 2 is 1.88 bits per heavy atom. The smallest absolute Gasteiger partial charge is 0.0938 e. The lowest BCUT2D eigenvalue weighted by Crippen LogP contribution is -2.04. The molecule has 0 aliphatic rings. The average Bonchev–Trinajstić information content (AvgIpc) is 2.76. The third-order valence-corrected chi connectivity index (χ3v) is 3.89. The van der Waals surface area contributed by atoms with Crippen LogP contribution in [0.3, 0.4) is 0 Å². The number of rotatable bonds is 3. The average molecular weight is 247 g/mol. The Hall–Kier alpha value is -1.19. The molecular weight excluding hydrogens is 230 g/mol. The highest BCUT2D eigenvalue weighted by Gasteiger charge is 2.13. The van der Waals surface area contributed by atoms with Gasteiger partial charge in [-0.3, -0.25) is 4.98 Å². The van der Waals surface area contributed by atoms with E-state index >= 15 is 0 Å². The molecule has 1 heterocycles. The molecule has 1 aromatic heterocycles. The van der Waals surface area contributed by atoms with E-state index in [-0.39, 0.29) is 0 Å². The lowest BCUT2D eigenvalue weighted by molar-refractivity contribution is 0.181. The molecule has 0 radical (unpaired) electrons. The van der Waals surface area contributed by atoms with Gasteiger partial charge in [0.25, 0.3) is 0 Å². The molecule has 3 heteroatoms. The third-order valence-electron chi connectivity index (χ3n) is 3.02. The summed E-state index contributed by atoms with van der Waals surface area (Å²) in [4.78, 5) is 4.94. The van der Waals surface area contributed by atoms with Gasteiger partial charge in [-0.15, -0.1) is 11.3 Å². The Balaban J connectivity index is 2.25. The Kier molecular flexibility index (Phi) is 3.60. The predicted octanol–water partition coefficient (Wildman–Crippen LogP) is 3.34. The third kappa shape index (κ3) is 2.73. The van der Waals surface area contributed by atoms with Crippen molar-refractivity contribution < 1.29 is 5.11 Å². The van der Waals surface area contributed by atoms with Crippen LogP contribution in [0.2, 0.25) is 0 Å². The van der Waals surface area contributed by atoms with Crippen LogP contribution >= 0.6 is 11.3 Å². The SMILES string of the molecule is Cc1cc(C)c(CC(O)c2cncs2)c(C)c1. The number of benzene rings is 1. The van der Waals surface area contributed by atoms with E-state index in [1.54, 1.807) is 11.7 Å². The van der Waals surface area contributed by atoms with Gasteiger partial charge in [0.15, 0.2) is 0 Å². The summed E-state index contributed by atoms with van der Waals surface area (Å²) in [5.74, 6) is 0. The molecule has 0 aliphatic heterocycles. The van der Waals surface area contributed by atoms with E-state index in [2.05, 4.69) is 37.9 Å². The fourth-order valence-corrected chi connectivity index (χ4v) is 2.82. The van der Waals surface area contributed by atoms with Crippen LogP contribution in [0, 0.1) is 20.8 Å². The second-order valence-electron chi connectivity index (χ2n) is 4.50. The van der Waals surface area contributed by atoms with Gasteiger partial charge in [0.05, 0.1) is 16.5 Å². The standard InChI is InChI=1S/C14H17NOS/c1-9-4-10(2)12(11(3)5-9)6-13(16)14-7-15-8-17-14/h4-5,7-8,13,16H,6H2,1-3H3. The number of nitrogens with zero attached hydrogens (tertiary/aromatic N) is 1. The molecule has 0 aliphatic carbocycles. The molecule has 1 aromatic carbocycles. The number of thiazole rings is 1. The van der Waals surface area contributed by atoms with E-state index in [0.29, 0.717) is 6.42 Å².